The van der Waals surface area contributed by atoms with Crippen LogP contribution in [0.4, 0.5) is 5.82 Å². The van der Waals surface area contributed by atoms with E-state index in [0.717, 1.165) is 23.7 Å². The van der Waals surface area contributed by atoms with Crippen LogP contribution < -0.4 is 4.90 Å². The molecular weight excluding hydrogens is 282 g/mol. The van der Waals surface area contributed by atoms with Gasteiger partial charge in [0.25, 0.3) is 0 Å². The molecule has 0 aliphatic heterocycles. The molecule has 1 aliphatic carbocycles. The molecule has 0 N–H and O–H groups in total. The number of aryl methyl sites for hydroxylation is 2. The summed E-state index contributed by atoms with van der Waals surface area (Å²) in [5, 5.41) is 1.28. The van der Waals surface area contributed by atoms with Crippen molar-refractivity contribution < 1.29 is 4.42 Å². The highest BCUT2D eigenvalue weighted by atomic mass is 32.1. The molecule has 0 unspecified atom stereocenters. The molecule has 4 rings (SSSR count). The topological polar surface area (TPSA) is 42.2 Å². The Balaban J connectivity index is 1.81. The Kier molecular flexibility index (Phi) is 3.15. The predicted molar refractivity (Wildman–Crippen MR) is 84.9 cm³/mol. The summed E-state index contributed by atoms with van der Waals surface area (Å²) in [6, 6.07) is 2.01. The summed E-state index contributed by atoms with van der Waals surface area (Å²) < 4.78 is 5.18. The maximum Gasteiger partial charge on any atom is 0.141 e. The van der Waals surface area contributed by atoms with Gasteiger partial charge in [-0.3, -0.25) is 0 Å². The maximum absolute atomic E-state index is 5.18. The van der Waals surface area contributed by atoms with E-state index in [1.807, 2.05) is 17.4 Å². The van der Waals surface area contributed by atoms with Crippen molar-refractivity contribution in [2.45, 2.75) is 32.7 Å². The van der Waals surface area contributed by atoms with E-state index in [-0.39, 0.29) is 0 Å². The number of furan rings is 1. The van der Waals surface area contributed by atoms with E-state index < -0.39 is 0 Å². The summed E-state index contributed by atoms with van der Waals surface area (Å²) in [6.45, 7) is 3.91. The van der Waals surface area contributed by atoms with Crippen LogP contribution in [0.1, 0.15) is 29.3 Å². The van der Waals surface area contributed by atoms with Crippen LogP contribution in [0.5, 0.6) is 0 Å². The predicted octanol–water partition coefficient (Wildman–Crippen LogP) is 3.80. The molecule has 3 aromatic heterocycles. The summed E-state index contributed by atoms with van der Waals surface area (Å²) in [5.41, 5.74) is 2.66. The van der Waals surface area contributed by atoms with Gasteiger partial charge in [-0.1, -0.05) is 0 Å². The fourth-order valence-electron chi connectivity index (χ4n) is 3.09. The minimum atomic E-state index is 0.823. The largest absolute Gasteiger partial charge is 0.472 e. The Morgan fingerprint density at radius 2 is 2.29 bits per heavy atom. The van der Waals surface area contributed by atoms with Crippen LogP contribution in [0, 0.1) is 0 Å². The first-order chi connectivity index (χ1) is 10.4. The first-order valence-corrected chi connectivity index (χ1v) is 8.19. The molecule has 0 saturated carbocycles. The van der Waals surface area contributed by atoms with Crippen molar-refractivity contribution >= 4 is 27.4 Å². The van der Waals surface area contributed by atoms with Crippen LogP contribution in [-0.2, 0) is 19.4 Å². The monoisotopic (exact) mass is 299 g/mol. The summed E-state index contributed by atoms with van der Waals surface area (Å²) in [7, 11) is 0. The third-order valence-corrected chi connectivity index (χ3v) is 5.32. The maximum atomic E-state index is 5.18. The van der Waals surface area contributed by atoms with E-state index in [9.17, 15) is 0 Å². The van der Waals surface area contributed by atoms with Crippen LogP contribution in [0.15, 0.2) is 29.3 Å². The molecule has 0 atom stereocenters. The van der Waals surface area contributed by atoms with Gasteiger partial charge in [-0.05, 0) is 37.8 Å². The second kappa shape index (κ2) is 5.15. The summed E-state index contributed by atoms with van der Waals surface area (Å²) in [5.74, 6) is 1.07. The normalized spacial score (nSPS) is 13.8. The lowest BCUT2D eigenvalue weighted by Crippen LogP contribution is -2.23. The molecule has 0 aromatic carbocycles. The van der Waals surface area contributed by atoms with E-state index in [4.69, 9.17) is 4.42 Å². The van der Waals surface area contributed by atoms with Gasteiger partial charge < -0.3 is 9.32 Å². The van der Waals surface area contributed by atoms with Gasteiger partial charge in [0.05, 0.1) is 17.9 Å². The molecule has 0 bridgehead atoms. The van der Waals surface area contributed by atoms with Crippen molar-refractivity contribution in [1.82, 2.24) is 9.97 Å². The van der Waals surface area contributed by atoms with Crippen LogP contribution >= 0.6 is 11.3 Å². The van der Waals surface area contributed by atoms with Crippen LogP contribution in [0.3, 0.4) is 0 Å². The Morgan fingerprint density at radius 1 is 1.33 bits per heavy atom. The van der Waals surface area contributed by atoms with Gasteiger partial charge in [0.15, 0.2) is 0 Å². The number of hydrogen-bond donors (Lipinski definition) is 0. The number of aromatic nitrogens is 2. The van der Waals surface area contributed by atoms with Gasteiger partial charge in [-0.15, -0.1) is 11.3 Å². The van der Waals surface area contributed by atoms with Gasteiger partial charge >= 0.3 is 0 Å². The first kappa shape index (κ1) is 12.8. The molecule has 1 aliphatic rings. The molecule has 0 amide bonds. The zero-order valence-corrected chi connectivity index (χ0v) is 12.8. The first-order valence-electron chi connectivity index (χ1n) is 7.38. The van der Waals surface area contributed by atoms with E-state index in [2.05, 4.69) is 21.8 Å². The van der Waals surface area contributed by atoms with Crippen molar-refractivity contribution in [3.05, 3.63) is 40.9 Å². The van der Waals surface area contributed by atoms with E-state index >= 15 is 0 Å². The van der Waals surface area contributed by atoms with Crippen molar-refractivity contribution in [1.29, 1.82) is 0 Å². The molecule has 5 heteroatoms. The molecule has 21 heavy (non-hydrogen) atoms. The Labute approximate surface area is 127 Å². The number of nitrogens with zero attached hydrogens (tertiary/aromatic N) is 3. The third-order valence-electron chi connectivity index (χ3n) is 4.12. The van der Waals surface area contributed by atoms with Crippen LogP contribution in [0.25, 0.3) is 10.2 Å². The standard InChI is InChI=1S/C16H17N3OS/c1-2-19(8-11-6-7-20-9-11)15-14-12-4-3-5-13(12)21-16(14)18-10-17-15/h6-7,9-10H,2-5,8H2,1H3. The lowest BCUT2D eigenvalue weighted by atomic mass is 10.1. The van der Waals surface area contributed by atoms with Crippen molar-refractivity contribution in [2.75, 3.05) is 11.4 Å². The van der Waals surface area contributed by atoms with Crippen LogP contribution in [-0.4, -0.2) is 16.5 Å². The Hall–Kier alpha value is -1.88. The van der Waals surface area contributed by atoms with Gasteiger partial charge in [0, 0.05) is 23.5 Å². The van der Waals surface area contributed by atoms with Crippen molar-refractivity contribution in [2.24, 2.45) is 0 Å². The fraction of sp³-hybridized carbons (Fsp3) is 0.375. The number of thiophene rings is 1. The highest BCUT2D eigenvalue weighted by Crippen LogP contribution is 2.40. The molecule has 3 aromatic rings. The summed E-state index contributed by atoms with van der Waals surface area (Å²) in [4.78, 5) is 14.0. The van der Waals surface area contributed by atoms with Crippen molar-refractivity contribution in [3.8, 4) is 0 Å². The SMILES string of the molecule is CCN(Cc1ccoc1)c1ncnc2sc3c(c12)CCC3. The fourth-order valence-corrected chi connectivity index (χ4v) is 4.31. The number of anilines is 1. The molecule has 0 radical (unpaired) electrons. The van der Waals surface area contributed by atoms with Gasteiger partial charge in [0.1, 0.15) is 17.0 Å². The zero-order valence-electron chi connectivity index (χ0n) is 12.0. The van der Waals surface area contributed by atoms with E-state index in [0.29, 0.717) is 0 Å². The van der Waals surface area contributed by atoms with Gasteiger partial charge in [0.2, 0.25) is 0 Å². The quantitative estimate of drug-likeness (QED) is 0.735. The van der Waals surface area contributed by atoms with E-state index in [1.54, 1.807) is 18.9 Å². The molecule has 4 nitrogen and oxygen atoms in total. The smallest absolute Gasteiger partial charge is 0.141 e. The molecule has 3 heterocycles. The second-order valence-electron chi connectivity index (χ2n) is 5.38. The zero-order chi connectivity index (χ0) is 14.2. The lowest BCUT2D eigenvalue weighted by Gasteiger charge is -2.22. The highest BCUT2D eigenvalue weighted by Gasteiger charge is 2.23. The van der Waals surface area contributed by atoms with Crippen LogP contribution in [0.2, 0.25) is 0 Å². The molecule has 0 spiro atoms. The minimum absolute atomic E-state index is 0.823. The molecule has 0 saturated heterocycles. The molecular formula is C16H17N3OS. The average Bonchev–Trinajstić information content (AvgIpc) is 3.20. The lowest BCUT2D eigenvalue weighted by molar-refractivity contribution is 0.563. The Morgan fingerprint density at radius 3 is 3.10 bits per heavy atom. The summed E-state index contributed by atoms with van der Waals surface area (Å²) in [6.07, 6.45) is 8.85. The summed E-state index contributed by atoms with van der Waals surface area (Å²) >= 11 is 1.84. The highest BCUT2D eigenvalue weighted by molar-refractivity contribution is 7.19. The number of hydrogen-bond acceptors (Lipinski definition) is 5. The second-order valence-corrected chi connectivity index (χ2v) is 6.46. The molecule has 0 fully saturated rings. The van der Waals surface area contributed by atoms with Crippen molar-refractivity contribution in [3.63, 3.8) is 0 Å². The third kappa shape index (κ3) is 2.12. The average molecular weight is 299 g/mol. The number of rotatable bonds is 4. The Bertz CT molecular complexity index is 763. The molecule has 108 valence electrons. The van der Waals surface area contributed by atoms with Gasteiger partial charge in [-0.25, -0.2) is 9.97 Å². The van der Waals surface area contributed by atoms with Gasteiger partial charge in [-0.2, -0.15) is 0 Å². The number of fused-ring (bicyclic) bond motifs is 3. The van der Waals surface area contributed by atoms with E-state index in [1.165, 1.54) is 40.7 Å². The minimum Gasteiger partial charge on any atom is -0.472 e.